The molecule has 0 spiro atoms. The lowest BCUT2D eigenvalue weighted by Gasteiger charge is -2.20. The van der Waals surface area contributed by atoms with Gasteiger partial charge in [0.25, 0.3) is 0 Å². The number of H-pyrrole nitrogens is 1. The molecule has 16 heavy (non-hydrogen) atoms. The average Bonchev–Trinajstić information content (AvgIpc) is 2.82. The summed E-state index contributed by atoms with van der Waals surface area (Å²) in [6, 6.07) is 0. The highest BCUT2D eigenvalue weighted by molar-refractivity contribution is 5.04. The van der Waals surface area contributed by atoms with Crippen LogP contribution in [0.1, 0.15) is 58.0 Å². The van der Waals surface area contributed by atoms with Crippen molar-refractivity contribution in [2.75, 3.05) is 13.1 Å². The van der Waals surface area contributed by atoms with E-state index >= 15 is 0 Å². The molecule has 1 aromatic rings. The number of hydrogen-bond donors (Lipinski definition) is 2. The van der Waals surface area contributed by atoms with E-state index in [4.69, 9.17) is 0 Å². The standard InChI is InChI=1S/C9H15N3.2C2H6/c1-7-6-11-9(12-7)8-2-4-10-5-3-8;2*1-2/h6,8,10H,2-5H2,1H3,(H,11,12);2*1-2H3. The first-order chi connectivity index (χ1) is 7.86. The molecule has 2 rings (SSSR count). The van der Waals surface area contributed by atoms with Gasteiger partial charge in [-0.2, -0.15) is 0 Å². The Kier molecular flexibility index (Phi) is 8.91. The van der Waals surface area contributed by atoms with Crippen LogP contribution < -0.4 is 5.32 Å². The summed E-state index contributed by atoms with van der Waals surface area (Å²) < 4.78 is 0. The summed E-state index contributed by atoms with van der Waals surface area (Å²) in [6.07, 6.45) is 4.34. The third-order valence-corrected chi connectivity index (χ3v) is 2.45. The van der Waals surface area contributed by atoms with Gasteiger partial charge in [-0.25, -0.2) is 4.98 Å². The van der Waals surface area contributed by atoms with Crippen LogP contribution >= 0.6 is 0 Å². The Bertz CT molecular complexity index is 249. The number of aromatic amines is 1. The Balaban J connectivity index is 0.000000509. The average molecular weight is 225 g/mol. The zero-order valence-electron chi connectivity index (χ0n) is 11.4. The second kappa shape index (κ2) is 9.40. The predicted octanol–water partition coefficient (Wildman–Crippen LogP) is 3.24. The Morgan fingerprint density at radius 1 is 1.12 bits per heavy atom. The van der Waals surface area contributed by atoms with Crippen LogP contribution in [0.2, 0.25) is 0 Å². The summed E-state index contributed by atoms with van der Waals surface area (Å²) in [5.74, 6) is 1.83. The summed E-state index contributed by atoms with van der Waals surface area (Å²) in [4.78, 5) is 7.66. The molecule has 0 amide bonds. The summed E-state index contributed by atoms with van der Waals surface area (Å²) in [6.45, 7) is 12.3. The summed E-state index contributed by atoms with van der Waals surface area (Å²) in [5.41, 5.74) is 1.17. The van der Waals surface area contributed by atoms with Gasteiger partial charge >= 0.3 is 0 Å². The molecular weight excluding hydrogens is 198 g/mol. The minimum absolute atomic E-state index is 0.653. The van der Waals surface area contributed by atoms with Crippen molar-refractivity contribution in [1.82, 2.24) is 15.3 Å². The van der Waals surface area contributed by atoms with E-state index in [2.05, 4.69) is 22.2 Å². The maximum absolute atomic E-state index is 4.36. The van der Waals surface area contributed by atoms with E-state index in [1.54, 1.807) is 0 Å². The van der Waals surface area contributed by atoms with Crippen LogP contribution in [-0.2, 0) is 0 Å². The molecule has 1 fully saturated rings. The monoisotopic (exact) mass is 225 g/mol. The second-order valence-corrected chi connectivity index (χ2v) is 3.48. The molecule has 0 bridgehead atoms. The highest BCUT2D eigenvalue weighted by atomic mass is 14.9. The number of nitrogens with zero attached hydrogens (tertiary/aromatic N) is 1. The first kappa shape index (κ1) is 15.2. The van der Waals surface area contributed by atoms with Crippen molar-refractivity contribution in [2.24, 2.45) is 0 Å². The number of hydrogen-bond acceptors (Lipinski definition) is 2. The fourth-order valence-electron chi connectivity index (χ4n) is 1.74. The smallest absolute Gasteiger partial charge is 0.109 e. The van der Waals surface area contributed by atoms with Crippen LogP contribution in [0, 0.1) is 6.92 Å². The van der Waals surface area contributed by atoms with Gasteiger partial charge in [-0.3, -0.25) is 0 Å². The summed E-state index contributed by atoms with van der Waals surface area (Å²) >= 11 is 0. The van der Waals surface area contributed by atoms with Gasteiger partial charge in [-0.15, -0.1) is 0 Å². The van der Waals surface area contributed by atoms with Gasteiger partial charge in [0.15, 0.2) is 0 Å². The van der Waals surface area contributed by atoms with Crippen LogP contribution in [0.25, 0.3) is 0 Å². The lowest BCUT2D eigenvalue weighted by molar-refractivity contribution is 0.447. The van der Waals surface area contributed by atoms with E-state index < -0.39 is 0 Å². The van der Waals surface area contributed by atoms with E-state index in [1.807, 2.05) is 33.9 Å². The van der Waals surface area contributed by atoms with Gasteiger partial charge in [0, 0.05) is 17.8 Å². The highest BCUT2D eigenvalue weighted by Gasteiger charge is 2.16. The molecule has 0 unspecified atom stereocenters. The van der Waals surface area contributed by atoms with Crippen LogP contribution in [0.5, 0.6) is 0 Å². The molecule has 0 aliphatic carbocycles. The lowest BCUT2D eigenvalue weighted by Crippen LogP contribution is -2.27. The van der Waals surface area contributed by atoms with Crippen molar-refractivity contribution in [2.45, 2.75) is 53.4 Å². The fraction of sp³-hybridized carbons (Fsp3) is 0.769. The third kappa shape index (κ3) is 4.79. The van der Waals surface area contributed by atoms with Crippen molar-refractivity contribution < 1.29 is 0 Å². The third-order valence-electron chi connectivity index (χ3n) is 2.45. The Morgan fingerprint density at radius 3 is 2.12 bits per heavy atom. The first-order valence-corrected chi connectivity index (χ1v) is 6.58. The maximum atomic E-state index is 4.36. The Labute approximate surface area is 100 Å². The minimum atomic E-state index is 0.653. The lowest BCUT2D eigenvalue weighted by atomic mass is 9.98. The van der Waals surface area contributed by atoms with Gasteiger partial charge in [0.1, 0.15) is 5.82 Å². The molecule has 3 nitrogen and oxygen atoms in total. The largest absolute Gasteiger partial charge is 0.346 e. The van der Waals surface area contributed by atoms with Gasteiger partial charge in [-0.1, -0.05) is 27.7 Å². The van der Waals surface area contributed by atoms with E-state index in [9.17, 15) is 0 Å². The van der Waals surface area contributed by atoms with Crippen LogP contribution in [0.15, 0.2) is 6.20 Å². The van der Waals surface area contributed by atoms with Crippen LogP contribution in [-0.4, -0.2) is 23.1 Å². The molecule has 94 valence electrons. The van der Waals surface area contributed by atoms with Crippen molar-refractivity contribution in [3.8, 4) is 0 Å². The zero-order chi connectivity index (χ0) is 12.4. The van der Waals surface area contributed by atoms with Crippen LogP contribution in [0.4, 0.5) is 0 Å². The van der Waals surface area contributed by atoms with E-state index in [0.29, 0.717) is 5.92 Å². The van der Waals surface area contributed by atoms with E-state index in [0.717, 1.165) is 13.1 Å². The SMILES string of the molecule is CC.CC.Cc1cnc(C2CCNCC2)[nH]1. The molecule has 1 aliphatic heterocycles. The van der Waals surface area contributed by atoms with Crippen molar-refractivity contribution >= 4 is 0 Å². The molecule has 1 aromatic heterocycles. The second-order valence-electron chi connectivity index (χ2n) is 3.48. The van der Waals surface area contributed by atoms with Crippen LogP contribution in [0.3, 0.4) is 0 Å². The highest BCUT2D eigenvalue weighted by Crippen LogP contribution is 2.21. The number of piperidine rings is 1. The number of nitrogens with one attached hydrogen (secondary N) is 2. The molecule has 2 N–H and O–H groups in total. The van der Waals surface area contributed by atoms with Gasteiger partial charge in [-0.05, 0) is 32.9 Å². The molecule has 3 heteroatoms. The predicted molar refractivity (Wildman–Crippen MR) is 70.9 cm³/mol. The minimum Gasteiger partial charge on any atom is -0.346 e. The Hall–Kier alpha value is -0.830. The molecule has 0 saturated carbocycles. The summed E-state index contributed by atoms with van der Waals surface area (Å²) in [7, 11) is 0. The number of aryl methyl sites for hydroxylation is 1. The number of imidazole rings is 1. The quantitative estimate of drug-likeness (QED) is 0.770. The first-order valence-electron chi connectivity index (χ1n) is 6.58. The molecule has 0 aromatic carbocycles. The molecule has 2 heterocycles. The zero-order valence-corrected chi connectivity index (χ0v) is 11.4. The molecule has 0 radical (unpaired) electrons. The maximum Gasteiger partial charge on any atom is 0.109 e. The normalized spacial score (nSPS) is 15.6. The number of rotatable bonds is 1. The Morgan fingerprint density at radius 2 is 1.69 bits per heavy atom. The molecule has 1 aliphatic rings. The van der Waals surface area contributed by atoms with Crippen molar-refractivity contribution in [1.29, 1.82) is 0 Å². The topological polar surface area (TPSA) is 40.7 Å². The van der Waals surface area contributed by atoms with Crippen molar-refractivity contribution in [3.63, 3.8) is 0 Å². The number of aromatic nitrogens is 2. The molecular formula is C13H27N3. The van der Waals surface area contributed by atoms with E-state index in [1.165, 1.54) is 24.4 Å². The van der Waals surface area contributed by atoms with Gasteiger partial charge < -0.3 is 10.3 Å². The van der Waals surface area contributed by atoms with Gasteiger partial charge in [0.05, 0.1) is 0 Å². The van der Waals surface area contributed by atoms with Crippen molar-refractivity contribution in [3.05, 3.63) is 17.7 Å². The fourth-order valence-corrected chi connectivity index (χ4v) is 1.74. The van der Waals surface area contributed by atoms with Gasteiger partial charge in [0.2, 0.25) is 0 Å². The molecule has 0 atom stereocenters. The van der Waals surface area contributed by atoms with E-state index in [-0.39, 0.29) is 0 Å². The molecule has 1 saturated heterocycles. The summed E-state index contributed by atoms with van der Waals surface area (Å²) in [5, 5.41) is 3.35.